The van der Waals surface area contributed by atoms with Crippen LogP contribution in [0.5, 0.6) is 11.8 Å². The van der Waals surface area contributed by atoms with Crippen molar-refractivity contribution in [3.63, 3.8) is 0 Å². The van der Waals surface area contributed by atoms with Crippen molar-refractivity contribution in [3.05, 3.63) is 17.4 Å². The monoisotopic (exact) mass is 399 g/mol. The van der Waals surface area contributed by atoms with Gasteiger partial charge in [-0.15, -0.1) is 0 Å². The number of amides is 1. The summed E-state index contributed by atoms with van der Waals surface area (Å²) in [6.07, 6.45) is 2.50. The number of carbonyl (C=O) groups is 1. The maximum absolute atomic E-state index is 14.5. The van der Waals surface area contributed by atoms with Gasteiger partial charge in [-0.25, -0.2) is 13.2 Å². The maximum Gasteiger partial charge on any atom is 0.258 e. The molecule has 0 bridgehead atoms. The summed E-state index contributed by atoms with van der Waals surface area (Å²) < 4.78 is 52.9. The van der Waals surface area contributed by atoms with Gasteiger partial charge in [-0.1, -0.05) is 0 Å². The van der Waals surface area contributed by atoms with E-state index in [-0.39, 0.29) is 30.3 Å². The molecule has 1 aromatic rings. The van der Waals surface area contributed by atoms with Crippen LogP contribution >= 0.6 is 0 Å². The SMILES string of the molecule is COc1nc(OC2CCCC3C2C3(F)F)c(F)cc1CNC(=O)[C@@H]1CCCN1. The van der Waals surface area contributed by atoms with Gasteiger partial charge in [-0.3, -0.25) is 4.79 Å². The van der Waals surface area contributed by atoms with Crippen molar-refractivity contribution in [2.75, 3.05) is 13.7 Å². The third-order valence-electron chi connectivity index (χ3n) is 5.94. The second kappa shape index (κ2) is 7.42. The number of nitrogens with one attached hydrogen (secondary N) is 2. The van der Waals surface area contributed by atoms with E-state index in [2.05, 4.69) is 15.6 Å². The fourth-order valence-corrected chi connectivity index (χ4v) is 4.38. The Morgan fingerprint density at radius 2 is 2.14 bits per heavy atom. The standard InChI is InChI=1S/C19H24F3N3O3/c1-27-17-10(9-24-16(26)13-5-3-7-23-13)8-12(20)18(25-17)28-14-6-2-4-11-15(14)19(11,21)22/h8,11,13-15,23H,2-7,9H2,1H3,(H,24,26)/t11?,13-,14?,15?/m0/s1. The van der Waals surface area contributed by atoms with Gasteiger partial charge in [0.05, 0.1) is 19.1 Å². The summed E-state index contributed by atoms with van der Waals surface area (Å²) >= 11 is 0. The highest BCUT2D eigenvalue weighted by Gasteiger charge is 2.72. The van der Waals surface area contributed by atoms with Gasteiger partial charge in [0.15, 0.2) is 5.82 Å². The van der Waals surface area contributed by atoms with Crippen LogP contribution in [0.2, 0.25) is 0 Å². The second-order valence-electron chi connectivity index (χ2n) is 7.70. The lowest BCUT2D eigenvalue weighted by Crippen LogP contribution is -2.40. The number of hydrogen-bond donors (Lipinski definition) is 2. The van der Waals surface area contributed by atoms with E-state index in [1.807, 2.05) is 0 Å². The first kappa shape index (κ1) is 19.3. The molecular weight excluding hydrogens is 375 g/mol. The minimum absolute atomic E-state index is 0.0522. The van der Waals surface area contributed by atoms with Crippen LogP contribution in [0, 0.1) is 17.7 Å². The molecular formula is C19H24F3N3O3. The van der Waals surface area contributed by atoms with Crippen molar-refractivity contribution >= 4 is 5.91 Å². The van der Waals surface area contributed by atoms with Crippen molar-refractivity contribution in [3.8, 4) is 11.8 Å². The van der Waals surface area contributed by atoms with Crippen molar-refractivity contribution in [2.24, 2.45) is 11.8 Å². The molecule has 1 aliphatic heterocycles. The largest absolute Gasteiger partial charge is 0.481 e. The summed E-state index contributed by atoms with van der Waals surface area (Å²) in [5, 5.41) is 5.83. The molecule has 0 aromatic carbocycles. The summed E-state index contributed by atoms with van der Waals surface area (Å²) in [5.41, 5.74) is 0.358. The number of methoxy groups -OCH3 is 1. The van der Waals surface area contributed by atoms with Crippen LogP contribution in [-0.2, 0) is 11.3 Å². The van der Waals surface area contributed by atoms with Gasteiger partial charge in [0.25, 0.3) is 11.8 Å². The van der Waals surface area contributed by atoms with E-state index in [4.69, 9.17) is 9.47 Å². The third kappa shape index (κ3) is 3.52. The molecule has 6 nitrogen and oxygen atoms in total. The zero-order chi connectivity index (χ0) is 19.9. The Balaban J connectivity index is 1.44. The van der Waals surface area contributed by atoms with Gasteiger partial charge in [0, 0.05) is 18.0 Å². The minimum Gasteiger partial charge on any atom is -0.481 e. The summed E-state index contributed by atoms with van der Waals surface area (Å²) in [7, 11) is 1.37. The van der Waals surface area contributed by atoms with Crippen LogP contribution in [-0.4, -0.2) is 42.6 Å². The van der Waals surface area contributed by atoms with Crippen LogP contribution in [0.4, 0.5) is 13.2 Å². The van der Waals surface area contributed by atoms with Crippen molar-refractivity contribution < 1.29 is 27.4 Å². The zero-order valence-electron chi connectivity index (χ0n) is 15.6. The van der Waals surface area contributed by atoms with Crippen molar-refractivity contribution in [1.82, 2.24) is 15.6 Å². The number of fused-ring (bicyclic) bond motifs is 1. The fourth-order valence-electron chi connectivity index (χ4n) is 4.38. The molecule has 3 unspecified atom stereocenters. The predicted octanol–water partition coefficient (Wildman–Crippen LogP) is 2.41. The molecule has 4 rings (SSSR count). The molecule has 1 aromatic heterocycles. The Kier molecular flexibility index (Phi) is 5.11. The fraction of sp³-hybridized carbons (Fsp3) is 0.684. The Bertz CT molecular complexity index is 755. The number of hydrogen-bond acceptors (Lipinski definition) is 5. The molecule has 1 amide bonds. The van der Waals surface area contributed by atoms with E-state index < -0.39 is 29.7 Å². The minimum atomic E-state index is -2.74. The molecule has 2 N–H and O–H groups in total. The zero-order valence-corrected chi connectivity index (χ0v) is 15.6. The molecule has 2 saturated carbocycles. The van der Waals surface area contributed by atoms with E-state index in [0.29, 0.717) is 24.8 Å². The highest BCUT2D eigenvalue weighted by Crippen LogP contribution is 2.62. The topological polar surface area (TPSA) is 72.5 Å². The Hall–Kier alpha value is -2.03. The average molecular weight is 399 g/mol. The smallest absolute Gasteiger partial charge is 0.258 e. The third-order valence-corrected chi connectivity index (χ3v) is 5.94. The van der Waals surface area contributed by atoms with E-state index >= 15 is 0 Å². The molecule has 28 heavy (non-hydrogen) atoms. The number of nitrogens with zero attached hydrogens (tertiary/aromatic N) is 1. The first-order valence-electron chi connectivity index (χ1n) is 9.70. The van der Waals surface area contributed by atoms with Crippen LogP contribution in [0.3, 0.4) is 0 Å². The van der Waals surface area contributed by atoms with E-state index in [1.54, 1.807) is 0 Å². The number of ether oxygens (including phenoxy) is 2. The molecule has 4 atom stereocenters. The van der Waals surface area contributed by atoms with Gasteiger partial charge in [-0.2, -0.15) is 4.98 Å². The number of halogens is 3. The summed E-state index contributed by atoms with van der Waals surface area (Å²) in [6, 6.07) is 0.931. The number of aromatic nitrogens is 1. The summed E-state index contributed by atoms with van der Waals surface area (Å²) in [4.78, 5) is 16.1. The molecule has 2 heterocycles. The lowest BCUT2D eigenvalue weighted by molar-refractivity contribution is -0.122. The van der Waals surface area contributed by atoms with Crippen LogP contribution in [0.25, 0.3) is 0 Å². The number of pyridine rings is 1. The van der Waals surface area contributed by atoms with Gasteiger partial charge in [0.2, 0.25) is 11.8 Å². The Morgan fingerprint density at radius 3 is 2.86 bits per heavy atom. The maximum atomic E-state index is 14.5. The predicted molar refractivity (Wildman–Crippen MR) is 93.8 cm³/mol. The lowest BCUT2D eigenvalue weighted by Gasteiger charge is -2.22. The molecule has 1 saturated heterocycles. The van der Waals surface area contributed by atoms with E-state index in [0.717, 1.165) is 19.4 Å². The molecule has 0 radical (unpaired) electrons. The second-order valence-corrected chi connectivity index (χ2v) is 7.70. The number of rotatable bonds is 6. The molecule has 2 aliphatic carbocycles. The molecule has 3 fully saturated rings. The lowest BCUT2D eigenvalue weighted by atomic mass is 9.98. The average Bonchev–Trinajstić information content (AvgIpc) is 3.04. The first-order valence-corrected chi connectivity index (χ1v) is 9.70. The van der Waals surface area contributed by atoms with Gasteiger partial charge >= 0.3 is 0 Å². The normalized spacial score (nSPS) is 30.4. The Labute approximate surface area is 161 Å². The molecule has 0 spiro atoms. The van der Waals surface area contributed by atoms with Gasteiger partial charge in [-0.05, 0) is 44.7 Å². The van der Waals surface area contributed by atoms with Crippen LogP contribution in [0.1, 0.15) is 37.7 Å². The van der Waals surface area contributed by atoms with Crippen molar-refractivity contribution in [2.45, 2.75) is 56.7 Å². The molecule has 3 aliphatic rings. The highest BCUT2D eigenvalue weighted by molar-refractivity contribution is 5.82. The summed E-state index contributed by atoms with van der Waals surface area (Å²) in [5.74, 6) is -5.43. The highest BCUT2D eigenvalue weighted by atomic mass is 19.3. The number of carbonyl (C=O) groups excluding carboxylic acids is 1. The quantitative estimate of drug-likeness (QED) is 0.769. The van der Waals surface area contributed by atoms with E-state index in [1.165, 1.54) is 13.2 Å². The molecule has 9 heteroatoms. The van der Waals surface area contributed by atoms with E-state index in [9.17, 15) is 18.0 Å². The van der Waals surface area contributed by atoms with Crippen LogP contribution in [0.15, 0.2) is 6.07 Å². The van der Waals surface area contributed by atoms with Crippen LogP contribution < -0.4 is 20.1 Å². The van der Waals surface area contributed by atoms with Gasteiger partial charge < -0.3 is 20.1 Å². The van der Waals surface area contributed by atoms with Gasteiger partial charge in [0.1, 0.15) is 6.10 Å². The summed E-state index contributed by atoms with van der Waals surface area (Å²) in [6.45, 7) is 0.849. The Morgan fingerprint density at radius 1 is 1.32 bits per heavy atom. The number of alkyl halides is 2. The van der Waals surface area contributed by atoms with Crippen molar-refractivity contribution in [1.29, 1.82) is 0 Å². The first-order chi connectivity index (χ1) is 13.4. The molecule has 154 valence electrons.